The molecule has 0 aromatic heterocycles. The fourth-order valence-electron chi connectivity index (χ4n) is 1.70. The molecule has 1 unspecified atom stereocenters. The first kappa shape index (κ1) is 12.5. The second-order valence-corrected chi connectivity index (χ2v) is 4.40. The van der Waals surface area contributed by atoms with E-state index in [1.807, 2.05) is 30.3 Å². The highest BCUT2D eigenvalue weighted by atomic mass is 19.1. The van der Waals surface area contributed by atoms with Crippen LogP contribution >= 0.6 is 0 Å². The molecule has 1 nitrogen and oxygen atoms in total. The van der Waals surface area contributed by atoms with Crippen LogP contribution in [0.3, 0.4) is 0 Å². The molecule has 0 fully saturated rings. The molecule has 0 aliphatic rings. The molecule has 0 radical (unpaired) electrons. The third-order valence-electron chi connectivity index (χ3n) is 2.83. The Balaban J connectivity index is 2.20. The third-order valence-corrected chi connectivity index (χ3v) is 2.83. The van der Waals surface area contributed by atoms with Crippen LogP contribution in [0.4, 0.5) is 4.39 Å². The molecule has 92 valence electrons. The first-order chi connectivity index (χ1) is 8.58. The predicted molar refractivity (Wildman–Crippen MR) is 71.4 cm³/mol. The Hall–Kier alpha value is -1.93. The Morgan fingerprint density at radius 1 is 1.00 bits per heavy atom. The minimum Gasteiger partial charge on any atom is -0.381 e. The largest absolute Gasteiger partial charge is 0.381 e. The summed E-state index contributed by atoms with van der Waals surface area (Å²) in [5.74, 6) is -0.262. The van der Waals surface area contributed by atoms with E-state index in [9.17, 15) is 9.50 Å². The topological polar surface area (TPSA) is 20.2 Å². The van der Waals surface area contributed by atoms with Crippen molar-refractivity contribution in [1.82, 2.24) is 0 Å². The number of rotatable bonds is 3. The summed E-state index contributed by atoms with van der Waals surface area (Å²) in [7, 11) is 0. The average Bonchev–Trinajstić information content (AvgIpc) is 2.39. The Morgan fingerprint density at radius 3 is 2.22 bits per heavy atom. The Morgan fingerprint density at radius 2 is 1.61 bits per heavy atom. The van der Waals surface area contributed by atoms with Crippen LogP contribution in [0, 0.1) is 5.82 Å². The predicted octanol–water partition coefficient (Wildman–Crippen LogP) is 3.75. The molecule has 2 heteroatoms. The summed E-state index contributed by atoms with van der Waals surface area (Å²) in [6.45, 7) is 1.72. The van der Waals surface area contributed by atoms with Crippen molar-refractivity contribution in [2.24, 2.45) is 0 Å². The van der Waals surface area contributed by atoms with Gasteiger partial charge in [0.05, 0.1) is 0 Å². The zero-order valence-electron chi connectivity index (χ0n) is 10.2. The first-order valence-electron chi connectivity index (χ1n) is 5.81. The molecule has 2 aromatic carbocycles. The SMILES string of the molecule is CC(O)(/C=C/c1ccc(F)cc1)c1ccccc1. The van der Waals surface area contributed by atoms with Gasteiger partial charge in [-0.2, -0.15) is 0 Å². The van der Waals surface area contributed by atoms with Gasteiger partial charge in [0.1, 0.15) is 11.4 Å². The number of hydrogen-bond donors (Lipinski definition) is 1. The summed E-state index contributed by atoms with van der Waals surface area (Å²) in [5.41, 5.74) is 0.645. The minimum atomic E-state index is -1.03. The smallest absolute Gasteiger partial charge is 0.123 e. The molecule has 2 aromatic rings. The van der Waals surface area contributed by atoms with Crippen molar-refractivity contribution in [2.75, 3.05) is 0 Å². The van der Waals surface area contributed by atoms with Crippen LogP contribution in [0.25, 0.3) is 6.08 Å². The van der Waals surface area contributed by atoms with Crippen LogP contribution in [0.15, 0.2) is 60.7 Å². The zero-order valence-corrected chi connectivity index (χ0v) is 10.2. The monoisotopic (exact) mass is 242 g/mol. The van der Waals surface area contributed by atoms with Gasteiger partial charge in [-0.1, -0.05) is 48.5 Å². The maximum atomic E-state index is 12.8. The van der Waals surface area contributed by atoms with Gasteiger partial charge in [0.2, 0.25) is 0 Å². The number of benzene rings is 2. The van der Waals surface area contributed by atoms with E-state index in [0.29, 0.717) is 0 Å². The summed E-state index contributed by atoms with van der Waals surface area (Å²) < 4.78 is 12.8. The van der Waals surface area contributed by atoms with Gasteiger partial charge in [-0.15, -0.1) is 0 Å². The Labute approximate surface area is 106 Å². The Bertz CT molecular complexity index is 527. The van der Waals surface area contributed by atoms with E-state index in [4.69, 9.17) is 0 Å². The zero-order chi connectivity index (χ0) is 13.0. The molecule has 0 saturated carbocycles. The van der Waals surface area contributed by atoms with Gasteiger partial charge in [0, 0.05) is 0 Å². The average molecular weight is 242 g/mol. The second kappa shape index (κ2) is 5.15. The number of halogens is 1. The van der Waals surface area contributed by atoms with E-state index in [-0.39, 0.29) is 5.82 Å². The minimum absolute atomic E-state index is 0.262. The highest BCUT2D eigenvalue weighted by Crippen LogP contribution is 2.22. The first-order valence-corrected chi connectivity index (χ1v) is 5.81. The van der Waals surface area contributed by atoms with E-state index < -0.39 is 5.60 Å². The maximum absolute atomic E-state index is 12.8. The van der Waals surface area contributed by atoms with Crippen LogP contribution in [0.2, 0.25) is 0 Å². The van der Waals surface area contributed by atoms with Crippen molar-refractivity contribution in [3.63, 3.8) is 0 Å². The summed E-state index contributed by atoms with van der Waals surface area (Å²) >= 11 is 0. The molecule has 0 aliphatic carbocycles. The highest BCUT2D eigenvalue weighted by molar-refractivity contribution is 5.51. The molecular formula is C16H15FO. The number of aliphatic hydroxyl groups is 1. The maximum Gasteiger partial charge on any atom is 0.123 e. The lowest BCUT2D eigenvalue weighted by molar-refractivity contribution is 0.112. The molecule has 2 rings (SSSR count). The highest BCUT2D eigenvalue weighted by Gasteiger charge is 2.18. The molecule has 1 N–H and O–H groups in total. The van der Waals surface area contributed by atoms with E-state index in [1.54, 1.807) is 31.2 Å². The van der Waals surface area contributed by atoms with Gasteiger partial charge < -0.3 is 5.11 Å². The number of hydrogen-bond acceptors (Lipinski definition) is 1. The molecule has 0 amide bonds. The van der Waals surface area contributed by atoms with Crippen LogP contribution in [-0.4, -0.2) is 5.11 Å². The van der Waals surface area contributed by atoms with E-state index in [1.165, 1.54) is 12.1 Å². The van der Waals surface area contributed by atoms with Crippen molar-refractivity contribution in [3.05, 3.63) is 77.6 Å². The third kappa shape index (κ3) is 3.05. The fraction of sp³-hybridized carbons (Fsp3) is 0.125. The standard InChI is InChI=1S/C16H15FO/c1-16(18,14-5-3-2-4-6-14)12-11-13-7-9-15(17)10-8-13/h2-12,18H,1H3/b12-11+. The van der Waals surface area contributed by atoms with Crippen molar-refractivity contribution < 1.29 is 9.50 Å². The lowest BCUT2D eigenvalue weighted by Crippen LogP contribution is -2.17. The van der Waals surface area contributed by atoms with Crippen LogP contribution in [0.5, 0.6) is 0 Å². The summed E-state index contributed by atoms with van der Waals surface area (Å²) in [4.78, 5) is 0. The van der Waals surface area contributed by atoms with Gasteiger partial charge >= 0.3 is 0 Å². The fourth-order valence-corrected chi connectivity index (χ4v) is 1.70. The van der Waals surface area contributed by atoms with Crippen molar-refractivity contribution in [3.8, 4) is 0 Å². The van der Waals surface area contributed by atoms with Crippen molar-refractivity contribution in [1.29, 1.82) is 0 Å². The van der Waals surface area contributed by atoms with E-state index in [2.05, 4.69) is 0 Å². The molecule has 0 bridgehead atoms. The van der Waals surface area contributed by atoms with Crippen LogP contribution in [-0.2, 0) is 5.60 Å². The molecule has 0 spiro atoms. The molecule has 0 aliphatic heterocycles. The van der Waals surface area contributed by atoms with E-state index in [0.717, 1.165) is 11.1 Å². The van der Waals surface area contributed by atoms with Gasteiger partial charge in [0.25, 0.3) is 0 Å². The van der Waals surface area contributed by atoms with Crippen LogP contribution < -0.4 is 0 Å². The summed E-state index contributed by atoms with van der Waals surface area (Å²) in [6.07, 6.45) is 3.49. The molecule has 18 heavy (non-hydrogen) atoms. The normalized spacial score (nSPS) is 14.6. The lowest BCUT2D eigenvalue weighted by Gasteiger charge is -2.19. The van der Waals surface area contributed by atoms with Crippen LogP contribution in [0.1, 0.15) is 18.1 Å². The molecular weight excluding hydrogens is 227 g/mol. The summed E-state index contributed by atoms with van der Waals surface area (Å²) in [6, 6.07) is 15.6. The van der Waals surface area contributed by atoms with Gasteiger partial charge in [-0.25, -0.2) is 4.39 Å². The van der Waals surface area contributed by atoms with Crippen molar-refractivity contribution >= 4 is 6.08 Å². The molecule has 1 atom stereocenters. The van der Waals surface area contributed by atoms with Crippen molar-refractivity contribution in [2.45, 2.75) is 12.5 Å². The van der Waals surface area contributed by atoms with Gasteiger partial charge in [-0.3, -0.25) is 0 Å². The lowest BCUT2D eigenvalue weighted by atomic mass is 9.95. The second-order valence-electron chi connectivity index (χ2n) is 4.40. The Kier molecular flexibility index (Phi) is 3.58. The van der Waals surface area contributed by atoms with E-state index >= 15 is 0 Å². The van der Waals surface area contributed by atoms with Gasteiger partial charge in [0.15, 0.2) is 0 Å². The van der Waals surface area contributed by atoms with Gasteiger partial charge in [-0.05, 0) is 36.3 Å². The molecule has 0 saturated heterocycles. The quantitative estimate of drug-likeness (QED) is 0.869. The summed E-state index contributed by atoms with van der Waals surface area (Å²) in [5, 5.41) is 10.3. The molecule has 0 heterocycles.